The Bertz CT molecular complexity index is 356. The first-order valence-corrected chi connectivity index (χ1v) is 5.05. The minimum atomic E-state index is -0.160. The van der Waals surface area contributed by atoms with Crippen molar-refractivity contribution in [1.82, 2.24) is 9.97 Å². The molecule has 0 fully saturated rings. The summed E-state index contributed by atoms with van der Waals surface area (Å²) in [5.41, 5.74) is 5.62. The standard InChI is InChI=1S/C10H16N4O2/c1-3-15-6-7(2)16-10-8(9(11)12)13-4-5-14-10/h4-5,7H,3,6H2,1-2H3,(H3,11,12). The number of ether oxygens (including phenoxy) is 2. The zero-order valence-electron chi connectivity index (χ0n) is 9.43. The van der Waals surface area contributed by atoms with Gasteiger partial charge in [0.15, 0.2) is 5.69 Å². The molecule has 0 aliphatic carbocycles. The molecule has 0 bridgehead atoms. The number of nitrogens with zero attached hydrogens (tertiary/aromatic N) is 2. The predicted octanol–water partition coefficient (Wildman–Crippen LogP) is 0.564. The quantitative estimate of drug-likeness (QED) is 0.544. The van der Waals surface area contributed by atoms with Crippen LogP contribution in [0, 0.1) is 5.41 Å². The first-order valence-electron chi connectivity index (χ1n) is 5.05. The number of nitrogens with two attached hydrogens (primary N) is 1. The fraction of sp³-hybridized carbons (Fsp3) is 0.500. The lowest BCUT2D eigenvalue weighted by Crippen LogP contribution is -2.23. The van der Waals surface area contributed by atoms with E-state index in [-0.39, 0.29) is 23.5 Å². The predicted molar refractivity (Wildman–Crippen MR) is 59.6 cm³/mol. The smallest absolute Gasteiger partial charge is 0.244 e. The van der Waals surface area contributed by atoms with Crippen molar-refractivity contribution in [3.8, 4) is 5.88 Å². The Hall–Kier alpha value is -1.69. The molecule has 1 aromatic rings. The molecule has 0 saturated heterocycles. The van der Waals surface area contributed by atoms with Crippen LogP contribution >= 0.6 is 0 Å². The molecule has 0 saturated carbocycles. The largest absolute Gasteiger partial charge is 0.471 e. The lowest BCUT2D eigenvalue weighted by molar-refractivity contribution is 0.0630. The van der Waals surface area contributed by atoms with E-state index in [0.29, 0.717) is 13.2 Å². The third-order valence-corrected chi connectivity index (χ3v) is 1.79. The summed E-state index contributed by atoms with van der Waals surface area (Å²) in [6.45, 7) is 4.86. The molecule has 6 nitrogen and oxygen atoms in total. The summed E-state index contributed by atoms with van der Waals surface area (Å²) in [5.74, 6) is 0.105. The van der Waals surface area contributed by atoms with Crippen LogP contribution in [0.25, 0.3) is 0 Å². The van der Waals surface area contributed by atoms with Gasteiger partial charge in [-0.2, -0.15) is 0 Å². The van der Waals surface area contributed by atoms with Crippen molar-refractivity contribution in [2.24, 2.45) is 5.73 Å². The van der Waals surface area contributed by atoms with Crippen molar-refractivity contribution in [1.29, 1.82) is 5.41 Å². The molecule has 0 radical (unpaired) electrons. The third kappa shape index (κ3) is 3.47. The highest BCUT2D eigenvalue weighted by atomic mass is 16.5. The van der Waals surface area contributed by atoms with E-state index >= 15 is 0 Å². The zero-order valence-corrected chi connectivity index (χ0v) is 9.43. The maximum Gasteiger partial charge on any atom is 0.244 e. The van der Waals surface area contributed by atoms with Crippen LogP contribution in [0.5, 0.6) is 5.88 Å². The van der Waals surface area contributed by atoms with Gasteiger partial charge in [0.05, 0.1) is 6.61 Å². The van der Waals surface area contributed by atoms with Gasteiger partial charge in [-0.3, -0.25) is 5.41 Å². The lowest BCUT2D eigenvalue weighted by atomic mass is 10.4. The van der Waals surface area contributed by atoms with E-state index in [0.717, 1.165) is 0 Å². The highest BCUT2D eigenvalue weighted by Gasteiger charge is 2.12. The second-order valence-corrected chi connectivity index (χ2v) is 3.21. The monoisotopic (exact) mass is 224 g/mol. The van der Waals surface area contributed by atoms with Gasteiger partial charge < -0.3 is 15.2 Å². The van der Waals surface area contributed by atoms with E-state index in [2.05, 4.69) is 9.97 Å². The molecule has 1 heterocycles. The molecular weight excluding hydrogens is 208 g/mol. The Morgan fingerprint density at radius 1 is 1.50 bits per heavy atom. The van der Waals surface area contributed by atoms with Crippen molar-refractivity contribution >= 4 is 5.84 Å². The number of amidine groups is 1. The summed E-state index contributed by atoms with van der Waals surface area (Å²) in [5, 5.41) is 7.32. The summed E-state index contributed by atoms with van der Waals surface area (Å²) in [6, 6.07) is 0. The van der Waals surface area contributed by atoms with Crippen LogP contribution in [0.3, 0.4) is 0 Å². The topological polar surface area (TPSA) is 94.1 Å². The minimum absolute atomic E-state index is 0.158. The summed E-state index contributed by atoms with van der Waals surface area (Å²) in [4.78, 5) is 7.92. The molecule has 0 aromatic carbocycles. The minimum Gasteiger partial charge on any atom is -0.471 e. The molecule has 3 N–H and O–H groups in total. The van der Waals surface area contributed by atoms with Crippen LogP contribution < -0.4 is 10.5 Å². The van der Waals surface area contributed by atoms with Crippen molar-refractivity contribution in [3.05, 3.63) is 18.1 Å². The van der Waals surface area contributed by atoms with E-state index in [1.54, 1.807) is 0 Å². The number of nitrogens with one attached hydrogen (secondary N) is 1. The van der Waals surface area contributed by atoms with E-state index in [9.17, 15) is 0 Å². The number of nitrogen functional groups attached to an aromatic ring is 1. The summed E-state index contributed by atoms with van der Waals surface area (Å²) < 4.78 is 10.7. The molecule has 6 heteroatoms. The maximum absolute atomic E-state index is 7.32. The van der Waals surface area contributed by atoms with E-state index in [4.69, 9.17) is 20.6 Å². The van der Waals surface area contributed by atoms with Gasteiger partial charge in [-0.15, -0.1) is 0 Å². The van der Waals surface area contributed by atoms with Crippen molar-refractivity contribution in [2.75, 3.05) is 13.2 Å². The molecule has 0 spiro atoms. The number of hydrogen-bond donors (Lipinski definition) is 2. The molecule has 88 valence electrons. The Labute approximate surface area is 94.3 Å². The Morgan fingerprint density at radius 3 is 2.81 bits per heavy atom. The van der Waals surface area contributed by atoms with Crippen LogP contribution in [-0.2, 0) is 4.74 Å². The van der Waals surface area contributed by atoms with Gasteiger partial charge >= 0.3 is 0 Å². The van der Waals surface area contributed by atoms with Crippen LogP contribution in [0.1, 0.15) is 19.5 Å². The molecule has 1 unspecified atom stereocenters. The Morgan fingerprint density at radius 2 is 2.19 bits per heavy atom. The van der Waals surface area contributed by atoms with Crippen molar-refractivity contribution < 1.29 is 9.47 Å². The van der Waals surface area contributed by atoms with Crippen LogP contribution in [0.15, 0.2) is 12.4 Å². The normalized spacial score (nSPS) is 12.1. The zero-order chi connectivity index (χ0) is 12.0. The Kier molecular flexibility index (Phi) is 4.65. The van der Waals surface area contributed by atoms with Gasteiger partial charge in [-0.05, 0) is 13.8 Å². The van der Waals surface area contributed by atoms with Crippen LogP contribution in [0.4, 0.5) is 0 Å². The second-order valence-electron chi connectivity index (χ2n) is 3.21. The number of aromatic nitrogens is 2. The van der Waals surface area contributed by atoms with Crippen molar-refractivity contribution in [2.45, 2.75) is 20.0 Å². The molecule has 1 atom stereocenters. The lowest BCUT2D eigenvalue weighted by Gasteiger charge is -2.14. The van der Waals surface area contributed by atoms with E-state index in [1.165, 1.54) is 12.4 Å². The number of hydrogen-bond acceptors (Lipinski definition) is 5. The van der Waals surface area contributed by atoms with Gasteiger partial charge in [0.2, 0.25) is 5.88 Å². The fourth-order valence-electron chi connectivity index (χ4n) is 1.10. The maximum atomic E-state index is 7.32. The van der Waals surface area contributed by atoms with Gasteiger partial charge in [-0.1, -0.05) is 0 Å². The molecule has 0 aliphatic rings. The first kappa shape index (κ1) is 12.4. The van der Waals surface area contributed by atoms with Gasteiger partial charge in [0.1, 0.15) is 11.9 Å². The van der Waals surface area contributed by atoms with Gasteiger partial charge in [0, 0.05) is 19.0 Å². The molecule has 0 aliphatic heterocycles. The average molecular weight is 224 g/mol. The molecule has 1 rings (SSSR count). The van der Waals surface area contributed by atoms with Crippen molar-refractivity contribution in [3.63, 3.8) is 0 Å². The third-order valence-electron chi connectivity index (χ3n) is 1.79. The second kappa shape index (κ2) is 6.02. The summed E-state index contributed by atoms with van der Waals surface area (Å²) >= 11 is 0. The van der Waals surface area contributed by atoms with Crippen LogP contribution in [-0.4, -0.2) is 35.1 Å². The van der Waals surface area contributed by atoms with Crippen LogP contribution in [0.2, 0.25) is 0 Å². The summed E-state index contributed by atoms with van der Waals surface area (Å²) in [7, 11) is 0. The molecule has 0 amide bonds. The molecular formula is C10H16N4O2. The number of rotatable bonds is 6. The van der Waals surface area contributed by atoms with Gasteiger partial charge in [0.25, 0.3) is 0 Å². The Balaban J connectivity index is 2.69. The van der Waals surface area contributed by atoms with Gasteiger partial charge in [-0.25, -0.2) is 9.97 Å². The fourth-order valence-corrected chi connectivity index (χ4v) is 1.10. The highest BCUT2D eigenvalue weighted by Crippen LogP contribution is 2.12. The molecule has 16 heavy (non-hydrogen) atoms. The highest BCUT2D eigenvalue weighted by molar-refractivity contribution is 5.94. The van der Waals surface area contributed by atoms with E-state index in [1.807, 2.05) is 13.8 Å². The first-order chi connectivity index (χ1) is 7.65. The molecule has 1 aromatic heterocycles. The average Bonchev–Trinajstić information content (AvgIpc) is 2.27. The summed E-state index contributed by atoms with van der Waals surface area (Å²) in [6.07, 6.45) is 2.81. The van der Waals surface area contributed by atoms with E-state index < -0.39 is 0 Å². The SMILES string of the molecule is CCOCC(C)Oc1nccnc1C(=N)N.